The van der Waals surface area contributed by atoms with Gasteiger partial charge in [0, 0.05) is 16.8 Å². The van der Waals surface area contributed by atoms with Crippen LogP contribution in [0.1, 0.15) is 15.9 Å². The summed E-state index contributed by atoms with van der Waals surface area (Å²) in [6.07, 6.45) is 0. The smallest absolute Gasteiger partial charge is 0.262 e. The summed E-state index contributed by atoms with van der Waals surface area (Å²) >= 11 is 12.2. The minimum absolute atomic E-state index is 0.252. The van der Waals surface area contributed by atoms with Crippen molar-refractivity contribution in [2.45, 2.75) is 6.92 Å². The number of anilines is 2. The largest absolute Gasteiger partial charge is 0.495 e. The predicted molar refractivity (Wildman–Crippen MR) is 129 cm³/mol. The molecule has 7 nitrogen and oxygen atoms in total. The Kier molecular flexibility index (Phi) is 8.03. The fraction of sp³-hybridized carbons (Fsp3) is 0.167. The molecule has 0 heterocycles. The van der Waals surface area contributed by atoms with Gasteiger partial charge in [-0.2, -0.15) is 0 Å². The van der Waals surface area contributed by atoms with Crippen LogP contribution in [0.15, 0.2) is 54.6 Å². The monoisotopic (exact) mass is 488 g/mol. The van der Waals surface area contributed by atoms with Gasteiger partial charge in [0.05, 0.1) is 30.5 Å². The Balaban J connectivity index is 1.69. The van der Waals surface area contributed by atoms with Crippen LogP contribution in [-0.2, 0) is 4.79 Å². The molecule has 0 radical (unpaired) electrons. The van der Waals surface area contributed by atoms with Gasteiger partial charge in [-0.25, -0.2) is 0 Å². The SMILES string of the molecule is COc1ccc(NC(=O)COc2ccccc2C(=O)Nc2cc(C)c(Cl)cc2OC)cc1Cl. The Morgan fingerprint density at radius 2 is 1.58 bits per heavy atom. The Labute approximate surface area is 201 Å². The number of hydrogen-bond donors (Lipinski definition) is 2. The van der Waals surface area contributed by atoms with Crippen LogP contribution >= 0.6 is 23.2 Å². The van der Waals surface area contributed by atoms with Crippen LogP contribution in [0.5, 0.6) is 17.2 Å². The number of halogens is 2. The number of carbonyl (C=O) groups excluding carboxylic acids is 2. The standard InChI is InChI=1S/C24H22Cl2N2O5/c1-14-10-19(22(32-3)12-17(14)25)28-24(30)16-6-4-5-7-20(16)33-13-23(29)27-15-8-9-21(31-2)18(26)11-15/h4-12H,13H2,1-3H3,(H,27,29)(H,28,30). The normalized spacial score (nSPS) is 10.3. The zero-order chi connectivity index (χ0) is 24.0. The van der Waals surface area contributed by atoms with Gasteiger partial charge in [-0.05, 0) is 48.9 Å². The highest BCUT2D eigenvalue weighted by Crippen LogP contribution is 2.32. The van der Waals surface area contributed by atoms with Crippen molar-refractivity contribution in [3.05, 3.63) is 75.8 Å². The van der Waals surface area contributed by atoms with Crippen molar-refractivity contribution in [3.8, 4) is 17.2 Å². The van der Waals surface area contributed by atoms with Crippen LogP contribution in [-0.4, -0.2) is 32.6 Å². The third-order valence-corrected chi connectivity index (χ3v) is 5.36. The molecule has 172 valence electrons. The van der Waals surface area contributed by atoms with Gasteiger partial charge in [0.1, 0.15) is 17.2 Å². The molecule has 2 amide bonds. The van der Waals surface area contributed by atoms with Crippen LogP contribution < -0.4 is 24.8 Å². The molecule has 0 aliphatic heterocycles. The second-order valence-electron chi connectivity index (χ2n) is 6.94. The number of rotatable bonds is 8. The molecule has 0 atom stereocenters. The first-order valence-electron chi connectivity index (χ1n) is 9.83. The van der Waals surface area contributed by atoms with E-state index in [0.717, 1.165) is 5.56 Å². The molecular formula is C24H22Cl2N2O5. The first-order valence-corrected chi connectivity index (χ1v) is 10.6. The summed E-state index contributed by atoms with van der Waals surface area (Å²) in [6.45, 7) is 1.51. The summed E-state index contributed by atoms with van der Waals surface area (Å²) < 4.78 is 16.0. The summed E-state index contributed by atoms with van der Waals surface area (Å²) in [5.41, 5.74) is 2.00. The molecule has 2 N–H and O–H groups in total. The highest BCUT2D eigenvalue weighted by molar-refractivity contribution is 6.32. The van der Waals surface area contributed by atoms with E-state index in [-0.39, 0.29) is 17.9 Å². The number of aryl methyl sites for hydroxylation is 1. The van der Waals surface area contributed by atoms with Gasteiger partial charge in [-0.3, -0.25) is 9.59 Å². The molecule has 0 saturated carbocycles. The van der Waals surface area contributed by atoms with Gasteiger partial charge in [-0.15, -0.1) is 0 Å². The number of methoxy groups -OCH3 is 2. The van der Waals surface area contributed by atoms with Crippen LogP contribution in [0, 0.1) is 6.92 Å². The molecule has 3 aromatic carbocycles. The van der Waals surface area contributed by atoms with Gasteiger partial charge in [0.2, 0.25) is 0 Å². The molecule has 3 aromatic rings. The molecule has 0 aliphatic rings. The average molecular weight is 489 g/mol. The number of hydrogen-bond acceptors (Lipinski definition) is 5. The summed E-state index contributed by atoms with van der Waals surface area (Å²) in [5.74, 6) is 0.338. The highest BCUT2D eigenvalue weighted by atomic mass is 35.5. The second kappa shape index (κ2) is 10.9. The van der Waals surface area contributed by atoms with Crippen molar-refractivity contribution >= 4 is 46.4 Å². The van der Waals surface area contributed by atoms with E-state index in [1.54, 1.807) is 54.6 Å². The Morgan fingerprint density at radius 3 is 2.27 bits per heavy atom. The fourth-order valence-corrected chi connectivity index (χ4v) is 3.40. The second-order valence-corrected chi connectivity index (χ2v) is 7.75. The lowest BCUT2D eigenvalue weighted by Gasteiger charge is -2.14. The number of carbonyl (C=O) groups is 2. The van der Waals surface area contributed by atoms with Gasteiger partial charge >= 0.3 is 0 Å². The maximum atomic E-state index is 12.9. The molecular weight excluding hydrogens is 467 g/mol. The summed E-state index contributed by atoms with van der Waals surface area (Å²) in [6, 6.07) is 14.8. The third-order valence-electron chi connectivity index (χ3n) is 4.65. The third kappa shape index (κ3) is 6.09. The maximum Gasteiger partial charge on any atom is 0.262 e. The van der Waals surface area contributed by atoms with Crippen molar-refractivity contribution < 1.29 is 23.8 Å². The number of ether oxygens (including phenoxy) is 3. The fourth-order valence-electron chi connectivity index (χ4n) is 2.98. The summed E-state index contributed by atoms with van der Waals surface area (Å²) in [5, 5.41) is 6.38. The number of nitrogens with one attached hydrogen (secondary N) is 2. The average Bonchev–Trinajstić information content (AvgIpc) is 2.80. The van der Waals surface area contributed by atoms with Crippen molar-refractivity contribution in [3.63, 3.8) is 0 Å². The van der Waals surface area contributed by atoms with Crippen molar-refractivity contribution in [2.24, 2.45) is 0 Å². The molecule has 0 aromatic heterocycles. The molecule has 0 saturated heterocycles. The van der Waals surface area contributed by atoms with Crippen molar-refractivity contribution in [1.29, 1.82) is 0 Å². The molecule has 0 aliphatic carbocycles. The van der Waals surface area contributed by atoms with E-state index in [1.807, 2.05) is 6.92 Å². The van der Waals surface area contributed by atoms with Gasteiger partial charge in [-0.1, -0.05) is 35.3 Å². The first kappa shape index (κ1) is 24.2. The van der Waals surface area contributed by atoms with E-state index >= 15 is 0 Å². The quantitative estimate of drug-likeness (QED) is 0.431. The van der Waals surface area contributed by atoms with Gasteiger partial charge < -0.3 is 24.8 Å². The predicted octanol–water partition coefficient (Wildman–Crippen LogP) is 5.59. The van der Waals surface area contributed by atoms with E-state index in [1.165, 1.54) is 14.2 Å². The Bertz CT molecular complexity index is 1180. The molecule has 33 heavy (non-hydrogen) atoms. The van der Waals surface area contributed by atoms with Gasteiger partial charge in [0.25, 0.3) is 11.8 Å². The van der Waals surface area contributed by atoms with Crippen molar-refractivity contribution in [1.82, 2.24) is 0 Å². The number of para-hydroxylation sites is 1. The lowest BCUT2D eigenvalue weighted by molar-refractivity contribution is -0.118. The molecule has 0 spiro atoms. The van der Waals surface area contributed by atoms with E-state index < -0.39 is 11.8 Å². The zero-order valence-corrected chi connectivity index (χ0v) is 19.7. The molecule has 3 rings (SSSR count). The zero-order valence-electron chi connectivity index (χ0n) is 18.2. The molecule has 0 fully saturated rings. The van der Waals surface area contributed by atoms with E-state index in [4.69, 9.17) is 37.4 Å². The van der Waals surface area contributed by atoms with E-state index in [9.17, 15) is 9.59 Å². The molecule has 0 unspecified atom stereocenters. The van der Waals surface area contributed by atoms with Crippen LogP contribution in [0.2, 0.25) is 10.0 Å². The summed E-state index contributed by atoms with van der Waals surface area (Å²) in [4.78, 5) is 25.3. The Morgan fingerprint density at radius 1 is 0.848 bits per heavy atom. The lowest BCUT2D eigenvalue weighted by atomic mass is 10.1. The van der Waals surface area contributed by atoms with Crippen LogP contribution in [0.4, 0.5) is 11.4 Å². The summed E-state index contributed by atoms with van der Waals surface area (Å²) in [7, 11) is 2.99. The van der Waals surface area contributed by atoms with Gasteiger partial charge in [0.15, 0.2) is 6.61 Å². The highest BCUT2D eigenvalue weighted by Gasteiger charge is 2.16. The van der Waals surface area contributed by atoms with Crippen LogP contribution in [0.3, 0.4) is 0 Å². The lowest BCUT2D eigenvalue weighted by Crippen LogP contribution is -2.21. The van der Waals surface area contributed by atoms with E-state index in [2.05, 4.69) is 10.6 Å². The maximum absolute atomic E-state index is 12.9. The minimum atomic E-state index is -0.423. The first-order chi connectivity index (χ1) is 15.8. The van der Waals surface area contributed by atoms with Crippen molar-refractivity contribution in [2.75, 3.05) is 31.5 Å². The number of benzene rings is 3. The topological polar surface area (TPSA) is 85.9 Å². The van der Waals surface area contributed by atoms with E-state index in [0.29, 0.717) is 32.9 Å². The molecule has 0 bridgehead atoms. The Hall–Kier alpha value is -3.42. The van der Waals surface area contributed by atoms with Crippen LogP contribution in [0.25, 0.3) is 0 Å². The molecule has 9 heteroatoms. The number of amides is 2. The minimum Gasteiger partial charge on any atom is -0.495 e.